The number of ether oxygens (including phenoxy) is 1. The van der Waals surface area contributed by atoms with Crippen molar-refractivity contribution in [2.24, 2.45) is 5.73 Å². The standard InChI is InChI=1S/C13H16F2N2O2/c14-12(15)19-10-3-1-9(2-4-10)5-8-17-11(18)13(16)6-7-13/h1-4,12H,5-8,16H2,(H,17,18). The van der Waals surface area contributed by atoms with Crippen LogP contribution in [0.15, 0.2) is 24.3 Å². The van der Waals surface area contributed by atoms with Crippen molar-refractivity contribution < 1.29 is 18.3 Å². The van der Waals surface area contributed by atoms with Crippen LogP contribution in [0.25, 0.3) is 0 Å². The molecule has 0 saturated heterocycles. The highest BCUT2D eigenvalue weighted by molar-refractivity contribution is 5.88. The van der Waals surface area contributed by atoms with Crippen LogP contribution in [0, 0.1) is 0 Å². The van der Waals surface area contributed by atoms with E-state index < -0.39 is 12.2 Å². The molecule has 1 aliphatic carbocycles. The first-order chi connectivity index (χ1) is 8.99. The third-order valence-corrected chi connectivity index (χ3v) is 3.09. The number of nitrogens with two attached hydrogens (primary N) is 1. The number of nitrogens with one attached hydrogen (secondary N) is 1. The van der Waals surface area contributed by atoms with E-state index in [1.807, 2.05) is 0 Å². The van der Waals surface area contributed by atoms with Crippen LogP contribution in [0.3, 0.4) is 0 Å². The minimum absolute atomic E-state index is 0.120. The zero-order valence-electron chi connectivity index (χ0n) is 10.4. The summed E-state index contributed by atoms with van der Waals surface area (Å²) in [6.07, 6.45) is 2.09. The van der Waals surface area contributed by atoms with Crippen molar-refractivity contribution in [3.8, 4) is 5.75 Å². The van der Waals surface area contributed by atoms with E-state index >= 15 is 0 Å². The zero-order chi connectivity index (χ0) is 13.9. The van der Waals surface area contributed by atoms with Crippen molar-refractivity contribution in [3.05, 3.63) is 29.8 Å². The van der Waals surface area contributed by atoms with Gasteiger partial charge in [0.15, 0.2) is 0 Å². The summed E-state index contributed by atoms with van der Waals surface area (Å²) in [5.41, 5.74) is 6.01. The van der Waals surface area contributed by atoms with E-state index in [4.69, 9.17) is 5.73 Å². The largest absolute Gasteiger partial charge is 0.435 e. The molecule has 0 aromatic heterocycles. The Balaban J connectivity index is 1.75. The van der Waals surface area contributed by atoms with E-state index in [9.17, 15) is 13.6 Å². The van der Waals surface area contributed by atoms with E-state index in [1.165, 1.54) is 12.1 Å². The Morgan fingerprint density at radius 2 is 2.00 bits per heavy atom. The Bertz CT molecular complexity index is 444. The molecule has 1 fully saturated rings. The van der Waals surface area contributed by atoms with Gasteiger partial charge in [0.2, 0.25) is 5.91 Å². The monoisotopic (exact) mass is 270 g/mol. The van der Waals surface area contributed by atoms with Gasteiger partial charge in [0, 0.05) is 6.54 Å². The first-order valence-electron chi connectivity index (χ1n) is 6.10. The summed E-state index contributed by atoms with van der Waals surface area (Å²) in [5.74, 6) is 0.00632. The second-order valence-corrected chi connectivity index (χ2v) is 4.68. The molecule has 1 aliphatic rings. The first kappa shape index (κ1) is 13.7. The molecule has 4 nitrogen and oxygen atoms in total. The number of carbonyl (C=O) groups excluding carboxylic acids is 1. The molecule has 1 saturated carbocycles. The molecule has 0 unspecified atom stereocenters. The van der Waals surface area contributed by atoms with Gasteiger partial charge in [-0.3, -0.25) is 4.79 Å². The molecule has 1 aromatic rings. The molecule has 1 amide bonds. The van der Waals surface area contributed by atoms with Gasteiger partial charge in [-0.25, -0.2) is 0 Å². The molecule has 0 atom stereocenters. The highest BCUT2D eigenvalue weighted by Crippen LogP contribution is 2.31. The molecule has 104 valence electrons. The van der Waals surface area contributed by atoms with Gasteiger partial charge in [-0.15, -0.1) is 0 Å². The topological polar surface area (TPSA) is 64.4 Å². The maximum absolute atomic E-state index is 11.9. The first-order valence-corrected chi connectivity index (χ1v) is 6.10. The fraction of sp³-hybridized carbons (Fsp3) is 0.462. The molecule has 3 N–H and O–H groups in total. The third kappa shape index (κ3) is 3.89. The van der Waals surface area contributed by atoms with Crippen molar-refractivity contribution in [1.82, 2.24) is 5.32 Å². The molecular formula is C13H16F2N2O2. The Morgan fingerprint density at radius 1 is 1.37 bits per heavy atom. The summed E-state index contributed by atoms with van der Waals surface area (Å²) in [6, 6.07) is 6.35. The molecule has 0 spiro atoms. The number of alkyl halides is 2. The van der Waals surface area contributed by atoms with Gasteiger partial charge in [0.1, 0.15) is 5.75 Å². The predicted octanol–water partition coefficient (Wildman–Crippen LogP) is 1.44. The third-order valence-electron chi connectivity index (χ3n) is 3.09. The predicted molar refractivity (Wildman–Crippen MR) is 65.9 cm³/mol. The Kier molecular flexibility index (Phi) is 3.99. The van der Waals surface area contributed by atoms with E-state index in [0.29, 0.717) is 13.0 Å². The Morgan fingerprint density at radius 3 is 2.53 bits per heavy atom. The summed E-state index contributed by atoms with van der Waals surface area (Å²) in [5, 5.41) is 2.77. The molecule has 6 heteroatoms. The van der Waals surface area contributed by atoms with Gasteiger partial charge in [0.05, 0.1) is 5.54 Å². The highest BCUT2D eigenvalue weighted by atomic mass is 19.3. The number of rotatable bonds is 6. The maximum atomic E-state index is 11.9. The lowest BCUT2D eigenvalue weighted by Gasteiger charge is -2.10. The van der Waals surface area contributed by atoms with Gasteiger partial charge >= 0.3 is 6.61 Å². The molecule has 2 rings (SSSR count). The fourth-order valence-corrected chi connectivity index (χ4v) is 1.70. The van der Waals surface area contributed by atoms with Crippen molar-refractivity contribution in [2.75, 3.05) is 6.54 Å². The van der Waals surface area contributed by atoms with E-state index in [1.54, 1.807) is 12.1 Å². The fourth-order valence-electron chi connectivity index (χ4n) is 1.70. The number of amides is 1. The molecule has 0 aliphatic heterocycles. The average molecular weight is 270 g/mol. The van der Waals surface area contributed by atoms with Crippen LogP contribution in [-0.2, 0) is 11.2 Å². The normalized spacial score (nSPS) is 16.2. The van der Waals surface area contributed by atoms with Crippen molar-refractivity contribution in [3.63, 3.8) is 0 Å². The minimum atomic E-state index is -2.82. The molecule has 0 heterocycles. The molecular weight excluding hydrogens is 254 g/mol. The maximum Gasteiger partial charge on any atom is 0.387 e. The SMILES string of the molecule is NC1(C(=O)NCCc2ccc(OC(F)F)cc2)CC1. The molecule has 0 bridgehead atoms. The Labute approximate surface area is 109 Å². The second kappa shape index (κ2) is 5.52. The van der Waals surface area contributed by atoms with Gasteiger partial charge < -0.3 is 15.8 Å². The number of hydrogen-bond acceptors (Lipinski definition) is 3. The van der Waals surface area contributed by atoms with E-state index in [2.05, 4.69) is 10.1 Å². The summed E-state index contributed by atoms with van der Waals surface area (Å²) in [4.78, 5) is 11.6. The zero-order valence-corrected chi connectivity index (χ0v) is 10.4. The van der Waals surface area contributed by atoms with Crippen LogP contribution in [0.5, 0.6) is 5.75 Å². The second-order valence-electron chi connectivity index (χ2n) is 4.68. The summed E-state index contributed by atoms with van der Waals surface area (Å²) < 4.78 is 28.1. The van der Waals surface area contributed by atoms with Gasteiger partial charge in [-0.1, -0.05) is 12.1 Å². The number of carbonyl (C=O) groups is 1. The lowest BCUT2D eigenvalue weighted by atomic mass is 10.1. The van der Waals surface area contributed by atoms with E-state index in [-0.39, 0.29) is 11.7 Å². The van der Waals surface area contributed by atoms with Crippen LogP contribution in [-0.4, -0.2) is 24.6 Å². The van der Waals surface area contributed by atoms with Crippen LogP contribution >= 0.6 is 0 Å². The number of hydrogen-bond donors (Lipinski definition) is 2. The van der Waals surface area contributed by atoms with Crippen LogP contribution in [0.2, 0.25) is 0 Å². The lowest BCUT2D eigenvalue weighted by molar-refractivity contribution is -0.123. The Hall–Kier alpha value is -1.69. The molecule has 19 heavy (non-hydrogen) atoms. The summed E-state index contributed by atoms with van der Waals surface area (Å²) in [7, 11) is 0. The van der Waals surface area contributed by atoms with Gasteiger partial charge in [-0.05, 0) is 37.0 Å². The smallest absolute Gasteiger partial charge is 0.387 e. The van der Waals surface area contributed by atoms with Gasteiger partial charge in [0.25, 0.3) is 0 Å². The highest BCUT2D eigenvalue weighted by Gasteiger charge is 2.45. The molecule has 0 radical (unpaired) electrons. The van der Waals surface area contributed by atoms with Crippen LogP contribution in [0.4, 0.5) is 8.78 Å². The summed E-state index contributed by atoms with van der Waals surface area (Å²) >= 11 is 0. The number of benzene rings is 1. The van der Waals surface area contributed by atoms with Crippen LogP contribution < -0.4 is 15.8 Å². The van der Waals surface area contributed by atoms with Crippen molar-refractivity contribution in [2.45, 2.75) is 31.4 Å². The average Bonchev–Trinajstić information content (AvgIpc) is 3.10. The molecule has 1 aromatic carbocycles. The summed E-state index contributed by atoms with van der Waals surface area (Å²) in [6.45, 7) is -2.34. The van der Waals surface area contributed by atoms with Crippen molar-refractivity contribution in [1.29, 1.82) is 0 Å². The quantitative estimate of drug-likeness (QED) is 0.822. The lowest BCUT2D eigenvalue weighted by Crippen LogP contribution is -2.43. The van der Waals surface area contributed by atoms with Crippen molar-refractivity contribution >= 4 is 5.91 Å². The minimum Gasteiger partial charge on any atom is -0.435 e. The number of halogens is 2. The van der Waals surface area contributed by atoms with Crippen LogP contribution in [0.1, 0.15) is 18.4 Å². The van der Waals surface area contributed by atoms with E-state index in [0.717, 1.165) is 18.4 Å². The van der Waals surface area contributed by atoms with Gasteiger partial charge in [-0.2, -0.15) is 8.78 Å².